The van der Waals surface area contributed by atoms with Crippen molar-refractivity contribution in [2.45, 2.75) is 6.04 Å². The van der Waals surface area contributed by atoms with Gasteiger partial charge in [0.2, 0.25) is 0 Å². The normalized spacial score (nSPS) is 12.6. The lowest BCUT2D eigenvalue weighted by Gasteiger charge is -2.25. The Morgan fingerprint density at radius 2 is 2.21 bits per heavy atom. The maximum Gasteiger partial charge on any atom is 0.261 e. The molecule has 0 radical (unpaired) electrons. The molecule has 1 amide bonds. The van der Waals surface area contributed by atoms with Crippen molar-refractivity contribution < 1.29 is 4.79 Å². The Balaban J connectivity index is 2.03. The number of rotatable bonds is 5. The first-order valence-corrected chi connectivity index (χ1v) is 7.07. The van der Waals surface area contributed by atoms with E-state index in [9.17, 15) is 4.79 Å². The molecule has 1 atom stereocenters. The number of nitrogens with zero attached hydrogens (tertiary/aromatic N) is 2. The van der Waals surface area contributed by atoms with Gasteiger partial charge in [-0.05, 0) is 37.7 Å². The van der Waals surface area contributed by atoms with E-state index in [1.165, 1.54) is 17.0 Å². The van der Waals surface area contributed by atoms with E-state index in [1.807, 2.05) is 50.9 Å². The van der Waals surface area contributed by atoms with Crippen LogP contribution in [0.15, 0.2) is 35.8 Å². The zero-order valence-corrected chi connectivity index (χ0v) is 12.3. The standard InChI is InChI=1S/C14H19N3OS/c1-16(2)12(11-6-4-8-17(11)3)10-15-14(18)13-7-5-9-19-13/h4-9,12H,10H2,1-3H3,(H,15,18)/t12-/m1/s1. The molecule has 2 heterocycles. The average Bonchev–Trinajstić information content (AvgIpc) is 3.01. The van der Waals surface area contributed by atoms with E-state index >= 15 is 0 Å². The number of aromatic nitrogens is 1. The minimum Gasteiger partial charge on any atom is -0.353 e. The predicted molar refractivity (Wildman–Crippen MR) is 78.5 cm³/mol. The van der Waals surface area contributed by atoms with Gasteiger partial charge in [-0.1, -0.05) is 6.07 Å². The molecule has 5 heteroatoms. The third-order valence-corrected chi connectivity index (χ3v) is 4.02. The number of nitrogens with one attached hydrogen (secondary N) is 1. The summed E-state index contributed by atoms with van der Waals surface area (Å²) in [5.41, 5.74) is 1.19. The molecular weight excluding hydrogens is 258 g/mol. The van der Waals surface area contributed by atoms with E-state index in [-0.39, 0.29) is 11.9 Å². The summed E-state index contributed by atoms with van der Waals surface area (Å²) in [5.74, 6) is -0.00365. The lowest BCUT2D eigenvalue weighted by Crippen LogP contribution is -2.35. The van der Waals surface area contributed by atoms with Crippen molar-refractivity contribution >= 4 is 17.2 Å². The van der Waals surface area contributed by atoms with E-state index in [0.29, 0.717) is 6.54 Å². The quantitative estimate of drug-likeness (QED) is 0.909. The Morgan fingerprint density at radius 3 is 2.74 bits per heavy atom. The van der Waals surface area contributed by atoms with Crippen LogP contribution in [0.5, 0.6) is 0 Å². The Labute approximate surface area is 117 Å². The van der Waals surface area contributed by atoms with E-state index < -0.39 is 0 Å². The van der Waals surface area contributed by atoms with Crippen LogP contribution >= 0.6 is 11.3 Å². The van der Waals surface area contributed by atoms with E-state index in [2.05, 4.69) is 20.9 Å². The molecule has 0 saturated carbocycles. The van der Waals surface area contributed by atoms with Gasteiger partial charge in [-0.2, -0.15) is 0 Å². The lowest BCUT2D eigenvalue weighted by molar-refractivity contribution is 0.0945. The highest BCUT2D eigenvalue weighted by atomic mass is 32.1. The number of hydrogen-bond donors (Lipinski definition) is 1. The molecule has 0 saturated heterocycles. The molecule has 19 heavy (non-hydrogen) atoms. The van der Waals surface area contributed by atoms with Gasteiger partial charge in [0.25, 0.3) is 5.91 Å². The van der Waals surface area contributed by atoms with Gasteiger partial charge in [0.15, 0.2) is 0 Å². The molecule has 4 nitrogen and oxygen atoms in total. The fraction of sp³-hybridized carbons (Fsp3) is 0.357. The van der Waals surface area contributed by atoms with Gasteiger partial charge in [0.05, 0.1) is 10.9 Å². The van der Waals surface area contributed by atoms with Crippen LogP contribution in [0.3, 0.4) is 0 Å². The summed E-state index contributed by atoms with van der Waals surface area (Å²) in [5, 5.41) is 4.91. The summed E-state index contributed by atoms with van der Waals surface area (Å²) >= 11 is 1.46. The Kier molecular flexibility index (Phi) is 4.39. The summed E-state index contributed by atoms with van der Waals surface area (Å²) < 4.78 is 2.09. The minimum atomic E-state index is -0.00365. The Morgan fingerprint density at radius 1 is 1.42 bits per heavy atom. The summed E-state index contributed by atoms with van der Waals surface area (Å²) in [4.78, 5) is 14.8. The van der Waals surface area contributed by atoms with Crippen LogP contribution in [0.2, 0.25) is 0 Å². The van der Waals surface area contributed by atoms with Gasteiger partial charge < -0.3 is 9.88 Å². The predicted octanol–water partition coefficient (Wildman–Crippen LogP) is 2.12. The minimum absolute atomic E-state index is 0.00365. The van der Waals surface area contributed by atoms with E-state index in [4.69, 9.17) is 0 Å². The number of aryl methyl sites for hydroxylation is 1. The number of likely N-dealkylation sites (N-methyl/N-ethyl adjacent to an activating group) is 1. The average molecular weight is 277 g/mol. The highest BCUT2D eigenvalue weighted by Crippen LogP contribution is 2.17. The van der Waals surface area contributed by atoms with Gasteiger partial charge >= 0.3 is 0 Å². The first-order chi connectivity index (χ1) is 9.09. The summed E-state index contributed by atoms with van der Waals surface area (Å²) in [6, 6.07) is 8.01. The van der Waals surface area contributed by atoms with Crippen molar-refractivity contribution in [1.29, 1.82) is 0 Å². The van der Waals surface area contributed by atoms with Gasteiger partial charge in [0.1, 0.15) is 0 Å². The molecule has 0 bridgehead atoms. The summed E-state index contributed by atoms with van der Waals surface area (Å²) in [7, 11) is 6.07. The van der Waals surface area contributed by atoms with Gasteiger partial charge in [-0.25, -0.2) is 0 Å². The Hall–Kier alpha value is -1.59. The second-order valence-corrected chi connectivity index (χ2v) is 5.66. The number of carbonyl (C=O) groups is 1. The van der Waals surface area contributed by atoms with Crippen molar-refractivity contribution in [2.75, 3.05) is 20.6 Å². The summed E-state index contributed by atoms with van der Waals surface area (Å²) in [6.07, 6.45) is 2.02. The van der Waals surface area contributed by atoms with Crippen molar-refractivity contribution in [3.8, 4) is 0 Å². The van der Waals surface area contributed by atoms with Crippen LogP contribution in [0, 0.1) is 0 Å². The van der Waals surface area contributed by atoms with Crippen molar-refractivity contribution in [3.63, 3.8) is 0 Å². The molecule has 0 aliphatic carbocycles. The second kappa shape index (κ2) is 6.04. The van der Waals surface area contributed by atoms with Gasteiger partial charge in [-0.3, -0.25) is 9.69 Å². The number of thiophene rings is 1. The zero-order valence-electron chi connectivity index (χ0n) is 11.5. The third-order valence-electron chi connectivity index (χ3n) is 3.15. The van der Waals surface area contributed by atoms with Crippen molar-refractivity contribution in [3.05, 3.63) is 46.4 Å². The highest BCUT2D eigenvalue weighted by Gasteiger charge is 2.18. The van der Waals surface area contributed by atoms with Crippen molar-refractivity contribution in [2.24, 2.45) is 7.05 Å². The van der Waals surface area contributed by atoms with Crippen LogP contribution in [-0.2, 0) is 7.05 Å². The van der Waals surface area contributed by atoms with Crippen LogP contribution in [0.25, 0.3) is 0 Å². The number of hydrogen-bond acceptors (Lipinski definition) is 3. The summed E-state index contributed by atoms with van der Waals surface area (Å²) in [6.45, 7) is 0.599. The van der Waals surface area contributed by atoms with Crippen LogP contribution in [0.1, 0.15) is 21.4 Å². The van der Waals surface area contributed by atoms with Crippen molar-refractivity contribution in [1.82, 2.24) is 14.8 Å². The molecule has 2 aromatic rings. The first kappa shape index (κ1) is 13.8. The topological polar surface area (TPSA) is 37.3 Å². The second-order valence-electron chi connectivity index (χ2n) is 4.71. The fourth-order valence-corrected chi connectivity index (χ4v) is 2.70. The van der Waals surface area contributed by atoms with E-state index in [0.717, 1.165) is 4.88 Å². The molecule has 0 unspecified atom stereocenters. The molecular formula is C14H19N3OS. The molecule has 0 aromatic carbocycles. The molecule has 0 aliphatic heterocycles. The fourth-order valence-electron chi connectivity index (χ4n) is 2.06. The highest BCUT2D eigenvalue weighted by molar-refractivity contribution is 7.12. The number of amides is 1. The molecule has 2 rings (SSSR count). The largest absolute Gasteiger partial charge is 0.353 e. The van der Waals surface area contributed by atoms with Crippen LogP contribution in [0.4, 0.5) is 0 Å². The maximum atomic E-state index is 12.0. The molecule has 0 fully saturated rings. The lowest BCUT2D eigenvalue weighted by atomic mass is 10.2. The van der Waals surface area contributed by atoms with Crippen LogP contribution < -0.4 is 5.32 Å². The monoisotopic (exact) mass is 277 g/mol. The smallest absolute Gasteiger partial charge is 0.261 e. The molecule has 1 N–H and O–H groups in total. The van der Waals surface area contributed by atoms with E-state index in [1.54, 1.807) is 0 Å². The van der Waals surface area contributed by atoms with Gasteiger partial charge in [-0.15, -0.1) is 11.3 Å². The number of carbonyl (C=O) groups excluding carboxylic acids is 1. The molecule has 102 valence electrons. The SMILES string of the molecule is CN(C)[C@H](CNC(=O)c1cccs1)c1cccn1C. The molecule has 0 spiro atoms. The van der Waals surface area contributed by atoms with Gasteiger partial charge in [0, 0.05) is 25.5 Å². The molecule has 2 aromatic heterocycles. The molecule has 0 aliphatic rings. The van der Waals surface area contributed by atoms with Crippen LogP contribution in [-0.4, -0.2) is 36.0 Å². The zero-order chi connectivity index (χ0) is 13.8. The first-order valence-electron chi connectivity index (χ1n) is 6.19. The third kappa shape index (κ3) is 3.24. The maximum absolute atomic E-state index is 12.0. The Bertz CT molecular complexity index is 531.